The number of benzene rings is 1. The van der Waals surface area contributed by atoms with Crippen LogP contribution in [0.4, 0.5) is 11.5 Å². The van der Waals surface area contributed by atoms with E-state index >= 15 is 0 Å². The number of ether oxygens (including phenoxy) is 2. The van der Waals surface area contributed by atoms with Gasteiger partial charge in [0, 0.05) is 25.1 Å². The molecule has 32 heavy (non-hydrogen) atoms. The van der Waals surface area contributed by atoms with Gasteiger partial charge in [-0.15, -0.1) is 0 Å². The summed E-state index contributed by atoms with van der Waals surface area (Å²) in [5, 5.41) is 0. The number of carbonyl (C=O) groups excluding carboxylic acids is 1. The molecular weight excluding hydrogens is 412 g/mol. The second-order valence-electron chi connectivity index (χ2n) is 7.87. The van der Waals surface area contributed by atoms with Crippen molar-refractivity contribution < 1.29 is 14.3 Å². The lowest BCUT2D eigenvalue weighted by Gasteiger charge is -2.25. The van der Waals surface area contributed by atoms with Crippen LogP contribution in [0.3, 0.4) is 0 Å². The second kappa shape index (κ2) is 10.9. The zero-order valence-electron chi connectivity index (χ0n) is 18.8. The fourth-order valence-corrected chi connectivity index (χ4v) is 3.66. The molecule has 0 bridgehead atoms. The Morgan fingerprint density at radius 3 is 2.53 bits per heavy atom. The summed E-state index contributed by atoms with van der Waals surface area (Å²) in [5.41, 5.74) is 5.41. The van der Waals surface area contributed by atoms with Crippen LogP contribution in [0, 0.1) is 0 Å². The molecule has 1 aliphatic rings. The Bertz CT molecular complexity index is 1060. The number of carbonyl (C=O) groups is 1. The molecule has 0 fully saturated rings. The van der Waals surface area contributed by atoms with Crippen LogP contribution in [-0.4, -0.2) is 35.2 Å². The van der Waals surface area contributed by atoms with Crippen molar-refractivity contribution in [3.63, 3.8) is 0 Å². The van der Waals surface area contributed by atoms with Crippen molar-refractivity contribution in [3.8, 4) is 11.5 Å². The number of rotatable bonds is 9. The average Bonchev–Trinajstić information content (AvgIpc) is 3.02. The predicted octanol–water partition coefficient (Wildman–Crippen LogP) is 2.92. The van der Waals surface area contributed by atoms with Gasteiger partial charge in [0.05, 0.1) is 13.2 Å². The monoisotopic (exact) mass is 444 g/mol. The molecule has 0 saturated heterocycles. The van der Waals surface area contributed by atoms with Crippen LogP contribution in [0.25, 0.3) is 0 Å². The van der Waals surface area contributed by atoms with Crippen molar-refractivity contribution >= 4 is 17.4 Å². The average molecular weight is 445 g/mol. The van der Waals surface area contributed by atoms with Gasteiger partial charge in [0.2, 0.25) is 0 Å². The SMILES string of the molecule is CCCCCN(C(=O)c1ccc2c(c1)OCCCO2)c1c(N)n(CCCC)c(=O)[nH]c1=O. The molecule has 0 aliphatic carbocycles. The number of unbranched alkanes of at least 4 members (excludes halogenated alkanes) is 3. The molecule has 1 aliphatic heterocycles. The number of hydrogen-bond acceptors (Lipinski definition) is 6. The number of nitrogens with two attached hydrogens (primary N) is 1. The summed E-state index contributed by atoms with van der Waals surface area (Å²) in [6, 6.07) is 4.99. The van der Waals surface area contributed by atoms with Gasteiger partial charge in [-0.3, -0.25) is 19.1 Å². The third-order valence-electron chi connectivity index (χ3n) is 5.44. The number of aromatic amines is 1. The minimum absolute atomic E-state index is 0.00592. The van der Waals surface area contributed by atoms with E-state index in [-0.39, 0.29) is 17.4 Å². The highest BCUT2D eigenvalue weighted by molar-refractivity contribution is 6.07. The molecule has 2 heterocycles. The Labute approximate surface area is 187 Å². The van der Waals surface area contributed by atoms with Crippen LogP contribution in [0.5, 0.6) is 11.5 Å². The zero-order chi connectivity index (χ0) is 23.1. The number of fused-ring (bicyclic) bond motifs is 1. The Balaban J connectivity index is 2.04. The van der Waals surface area contributed by atoms with Crippen molar-refractivity contribution in [1.82, 2.24) is 9.55 Å². The third-order valence-corrected chi connectivity index (χ3v) is 5.44. The molecule has 2 aromatic rings. The van der Waals surface area contributed by atoms with Gasteiger partial charge in [-0.2, -0.15) is 0 Å². The highest BCUT2D eigenvalue weighted by Crippen LogP contribution is 2.31. The highest BCUT2D eigenvalue weighted by Gasteiger charge is 2.26. The highest BCUT2D eigenvalue weighted by atomic mass is 16.5. The van der Waals surface area contributed by atoms with Gasteiger partial charge in [-0.25, -0.2) is 4.79 Å². The van der Waals surface area contributed by atoms with Gasteiger partial charge in [0.1, 0.15) is 5.82 Å². The van der Waals surface area contributed by atoms with Crippen LogP contribution in [-0.2, 0) is 6.54 Å². The molecule has 0 atom stereocenters. The zero-order valence-corrected chi connectivity index (χ0v) is 18.8. The maximum atomic E-state index is 13.6. The van der Waals surface area contributed by atoms with Crippen LogP contribution in [0.2, 0.25) is 0 Å². The second-order valence-corrected chi connectivity index (χ2v) is 7.87. The molecule has 1 aromatic heterocycles. The molecule has 9 heteroatoms. The molecule has 3 rings (SSSR count). The maximum Gasteiger partial charge on any atom is 0.330 e. The van der Waals surface area contributed by atoms with Crippen molar-refractivity contribution in [2.45, 2.75) is 58.9 Å². The smallest absolute Gasteiger partial charge is 0.330 e. The first-order valence-corrected chi connectivity index (χ1v) is 11.3. The molecule has 1 aromatic carbocycles. The van der Waals surface area contributed by atoms with E-state index in [0.717, 1.165) is 32.1 Å². The predicted molar refractivity (Wildman–Crippen MR) is 124 cm³/mol. The van der Waals surface area contributed by atoms with Gasteiger partial charge >= 0.3 is 5.69 Å². The lowest BCUT2D eigenvalue weighted by Crippen LogP contribution is -2.41. The summed E-state index contributed by atoms with van der Waals surface area (Å²) in [5.74, 6) is 0.708. The molecule has 0 radical (unpaired) electrons. The molecule has 3 N–H and O–H groups in total. The lowest BCUT2D eigenvalue weighted by atomic mass is 10.1. The van der Waals surface area contributed by atoms with E-state index in [2.05, 4.69) is 11.9 Å². The van der Waals surface area contributed by atoms with Gasteiger partial charge in [-0.05, 0) is 31.0 Å². The topological polar surface area (TPSA) is 120 Å². The van der Waals surface area contributed by atoms with Crippen molar-refractivity contribution in [1.29, 1.82) is 0 Å². The van der Waals surface area contributed by atoms with Crippen LogP contribution < -0.4 is 31.4 Å². The fourth-order valence-electron chi connectivity index (χ4n) is 3.66. The van der Waals surface area contributed by atoms with Crippen molar-refractivity contribution in [3.05, 3.63) is 44.6 Å². The molecule has 0 saturated carbocycles. The lowest BCUT2D eigenvalue weighted by molar-refractivity contribution is 0.0985. The van der Waals surface area contributed by atoms with E-state index in [0.29, 0.717) is 49.8 Å². The number of anilines is 2. The molecule has 1 amide bonds. The number of H-pyrrole nitrogens is 1. The van der Waals surface area contributed by atoms with Crippen molar-refractivity contribution in [2.24, 2.45) is 0 Å². The van der Waals surface area contributed by atoms with Crippen LogP contribution in [0.1, 0.15) is 62.7 Å². The molecule has 0 spiro atoms. The summed E-state index contributed by atoms with van der Waals surface area (Å²) >= 11 is 0. The van der Waals surface area contributed by atoms with E-state index in [9.17, 15) is 14.4 Å². The largest absolute Gasteiger partial charge is 0.490 e. The Hall–Kier alpha value is -3.23. The summed E-state index contributed by atoms with van der Waals surface area (Å²) in [4.78, 5) is 42.4. The summed E-state index contributed by atoms with van der Waals surface area (Å²) < 4.78 is 12.7. The molecule has 9 nitrogen and oxygen atoms in total. The van der Waals surface area contributed by atoms with E-state index in [1.165, 1.54) is 9.47 Å². The number of aromatic nitrogens is 2. The fraction of sp³-hybridized carbons (Fsp3) is 0.522. The summed E-state index contributed by atoms with van der Waals surface area (Å²) in [6.07, 6.45) is 4.87. The molecule has 174 valence electrons. The summed E-state index contributed by atoms with van der Waals surface area (Å²) in [6.45, 7) is 5.78. The normalized spacial score (nSPS) is 12.9. The number of hydrogen-bond donors (Lipinski definition) is 2. The molecule has 0 unspecified atom stereocenters. The van der Waals surface area contributed by atoms with Crippen LogP contribution >= 0.6 is 0 Å². The Morgan fingerprint density at radius 1 is 1.09 bits per heavy atom. The maximum absolute atomic E-state index is 13.6. The Morgan fingerprint density at radius 2 is 1.81 bits per heavy atom. The third kappa shape index (κ3) is 5.15. The van der Waals surface area contributed by atoms with Gasteiger partial charge < -0.3 is 20.1 Å². The number of nitrogen functional groups attached to an aromatic ring is 1. The van der Waals surface area contributed by atoms with Crippen LogP contribution in [0.15, 0.2) is 27.8 Å². The number of nitrogens with one attached hydrogen (secondary N) is 1. The quantitative estimate of drug-likeness (QED) is 0.574. The summed E-state index contributed by atoms with van der Waals surface area (Å²) in [7, 11) is 0. The number of nitrogens with zero attached hydrogens (tertiary/aromatic N) is 2. The minimum Gasteiger partial charge on any atom is -0.490 e. The number of amides is 1. The van der Waals surface area contributed by atoms with Gasteiger partial charge in [0.25, 0.3) is 11.5 Å². The standard InChI is InChI=1S/C23H32N4O5/c1-3-5-7-12-26(19-20(24)27(11-6-4-2)23(30)25-21(19)28)22(29)16-9-10-17-18(15-16)32-14-8-13-31-17/h9-10,15H,3-8,11-14,24H2,1-2H3,(H,25,28,30). The minimum atomic E-state index is -0.667. The van der Waals surface area contributed by atoms with E-state index in [1.54, 1.807) is 18.2 Å². The van der Waals surface area contributed by atoms with Gasteiger partial charge in [-0.1, -0.05) is 33.1 Å². The molecular formula is C23H32N4O5. The van der Waals surface area contributed by atoms with E-state index in [4.69, 9.17) is 15.2 Å². The van der Waals surface area contributed by atoms with Crippen molar-refractivity contribution in [2.75, 3.05) is 30.4 Å². The first-order chi connectivity index (χ1) is 15.5. The Kier molecular flexibility index (Phi) is 7.97. The van der Waals surface area contributed by atoms with Gasteiger partial charge in [0.15, 0.2) is 17.2 Å². The van der Waals surface area contributed by atoms with E-state index < -0.39 is 11.2 Å². The van der Waals surface area contributed by atoms with E-state index in [1.807, 2.05) is 6.92 Å². The first-order valence-electron chi connectivity index (χ1n) is 11.3. The first kappa shape index (κ1) is 23.4.